The Balaban J connectivity index is 1.67. The van der Waals surface area contributed by atoms with Crippen LogP contribution in [0.1, 0.15) is 31.2 Å². The zero-order valence-electron chi connectivity index (χ0n) is 10.6. The van der Waals surface area contributed by atoms with E-state index in [1.54, 1.807) is 0 Å². The van der Waals surface area contributed by atoms with Crippen molar-refractivity contribution < 1.29 is 4.74 Å². The van der Waals surface area contributed by atoms with E-state index >= 15 is 0 Å². The highest BCUT2D eigenvalue weighted by Crippen LogP contribution is 2.35. The molecule has 0 amide bonds. The minimum Gasteiger partial charge on any atom is -0.378 e. The Bertz CT molecular complexity index is 393. The van der Waals surface area contributed by atoms with E-state index in [0.717, 1.165) is 24.2 Å². The number of benzene rings is 1. The minimum absolute atomic E-state index is 0.354. The summed E-state index contributed by atoms with van der Waals surface area (Å²) in [6.07, 6.45) is 5.46. The van der Waals surface area contributed by atoms with E-state index in [2.05, 4.69) is 45.5 Å². The summed E-state index contributed by atoms with van der Waals surface area (Å²) in [5.41, 5.74) is 1.83. The van der Waals surface area contributed by atoms with Gasteiger partial charge in [0.25, 0.3) is 0 Å². The Morgan fingerprint density at radius 1 is 1.28 bits per heavy atom. The van der Waals surface area contributed by atoms with Crippen LogP contribution in [0.25, 0.3) is 0 Å². The molecule has 1 atom stereocenters. The normalized spacial score (nSPS) is 25.9. The number of rotatable bonds is 4. The van der Waals surface area contributed by atoms with Crippen molar-refractivity contribution in [1.82, 2.24) is 5.32 Å². The van der Waals surface area contributed by atoms with Crippen LogP contribution in [0.5, 0.6) is 0 Å². The fourth-order valence-corrected chi connectivity index (χ4v) is 3.33. The standard InChI is InChI=1S/C15H20BrNO/c16-13-5-3-12(4-6-13)15(10-17-11-15)8-7-14-2-1-9-18-14/h3-6,14,17H,1-2,7-11H2. The number of hydrogen-bond acceptors (Lipinski definition) is 2. The molecule has 98 valence electrons. The van der Waals surface area contributed by atoms with Crippen LogP contribution in [-0.4, -0.2) is 25.8 Å². The van der Waals surface area contributed by atoms with E-state index < -0.39 is 0 Å². The molecule has 1 unspecified atom stereocenters. The molecule has 2 saturated heterocycles. The lowest BCUT2D eigenvalue weighted by Crippen LogP contribution is -2.57. The Morgan fingerprint density at radius 2 is 2.06 bits per heavy atom. The van der Waals surface area contributed by atoms with Crippen LogP contribution in [-0.2, 0) is 10.2 Å². The molecule has 0 aliphatic carbocycles. The molecule has 1 aromatic rings. The fourth-order valence-electron chi connectivity index (χ4n) is 3.06. The summed E-state index contributed by atoms with van der Waals surface area (Å²) < 4.78 is 6.90. The van der Waals surface area contributed by atoms with Crippen molar-refractivity contribution in [2.75, 3.05) is 19.7 Å². The second-order valence-electron chi connectivity index (χ2n) is 5.56. The fraction of sp³-hybridized carbons (Fsp3) is 0.600. The first-order valence-electron chi connectivity index (χ1n) is 6.87. The third kappa shape index (κ3) is 2.49. The van der Waals surface area contributed by atoms with Gasteiger partial charge >= 0.3 is 0 Å². The maximum Gasteiger partial charge on any atom is 0.0576 e. The highest BCUT2D eigenvalue weighted by molar-refractivity contribution is 9.10. The summed E-state index contributed by atoms with van der Waals surface area (Å²) in [7, 11) is 0. The van der Waals surface area contributed by atoms with Crippen molar-refractivity contribution in [2.24, 2.45) is 0 Å². The molecular formula is C15H20BrNO. The van der Waals surface area contributed by atoms with Crippen LogP contribution < -0.4 is 5.32 Å². The summed E-state index contributed by atoms with van der Waals surface area (Å²) in [5.74, 6) is 0. The largest absolute Gasteiger partial charge is 0.378 e. The molecule has 3 heteroatoms. The van der Waals surface area contributed by atoms with Gasteiger partial charge in [0.1, 0.15) is 0 Å². The molecule has 3 rings (SSSR count). The van der Waals surface area contributed by atoms with E-state index in [1.165, 1.54) is 31.2 Å². The SMILES string of the molecule is Brc1ccc(C2(CCC3CCCO3)CNC2)cc1. The van der Waals surface area contributed by atoms with Crippen LogP contribution >= 0.6 is 15.9 Å². The molecule has 1 N–H and O–H groups in total. The average molecular weight is 310 g/mol. The molecule has 0 spiro atoms. The number of ether oxygens (including phenoxy) is 1. The molecule has 2 aliphatic heterocycles. The maximum atomic E-state index is 5.74. The van der Waals surface area contributed by atoms with Crippen LogP contribution in [0.2, 0.25) is 0 Å². The zero-order chi connectivity index (χ0) is 12.4. The highest BCUT2D eigenvalue weighted by atomic mass is 79.9. The molecule has 18 heavy (non-hydrogen) atoms. The molecule has 2 heterocycles. The second kappa shape index (κ2) is 5.32. The molecule has 2 fully saturated rings. The zero-order valence-corrected chi connectivity index (χ0v) is 12.2. The lowest BCUT2D eigenvalue weighted by molar-refractivity contribution is 0.0900. The molecule has 0 radical (unpaired) electrons. The van der Waals surface area contributed by atoms with Gasteiger partial charge in [0, 0.05) is 29.6 Å². The monoisotopic (exact) mass is 309 g/mol. The van der Waals surface area contributed by atoms with E-state index in [0.29, 0.717) is 11.5 Å². The van der Waals surface area contributed by atoms with Gasteiger partial charge in [0.15, 0.2) is 0 Å². The maximum absolute atomic E-state index is 5.74. The van der Waals surface area contributed by atoms with Gasteiger partial charge < -0.3 is 10.1 Å². The molecule has 0 saturated carbocycles. The van der Waals surface area contributed by atoms with Gasteiger partial charge in [-0.2, -0.15) is 0 Å². The average Bonchev–Trinajstić information content (AvgIpc) is 2.83. The molecule has 2 aliphatic rings. The molecule has 2 nitrogen and oxygen atoms in total. The first kappa shape index (κ1) is 12.6. The summed E-state index contributed by atoms with van der Waals surface area (Å²) in [5, 5.41) is 3.44. The van der Waals surface area contributed by atoms with Crippen LogP contribution in [0.15, 0.2) is 28.7 Å². The molecular weight excluding hydrogens is 290 g/mol. The van der Waals surface area contributed by atoms with Crippen molar-refractivity contribution in [3.8, 4) is 0 Å². The van der Waals surface area contributed by atoms with E-state index in [1.807, 2.05) is 0 Å². The lowest BCUT2D eigenvalue weighted by Gasteiger charge is -2.44. The third-order valence-electron chi connectivity index (χ3n) is 4.35. The number of halogens is 1. The lowest BCUT2D eigenvalue weighted by atomic mass is 9.71. The van der Waals surface area contributed by atoms with Crippen molar-refractivity contribution in [2.45, 2.75) is 37.2 Å². The Labute approximate surface area is 117 Å². The number of nitrogens with one attached hydrogen (secondary N) is 1. The summed E-state index contributed by atoms with van der Waals surface area (Å²) >= 11 is 3.51. The van der Waals surface area contributed by atoms with Gasteiger partial charge in [-0.25, -0.2) is 0 Å². The van der Waals surface area contributed by atoms with E-state index in [9.17, 15) is 0 Å². The van der Waals surface area contributed by atoms with E-state index in [4.69, 9.17) is 4.74 Å². The predicted molar refractivity (Wildman–Crippen MR) is 76.9 cm³/mol. The van der Waals surface area contributed by atoms with Crippen molar-refractivity contribution in [1.29, 1.82) is 0 Å². The number of hydrogen-bond donors (Lipinski definition) is 1. The quantitative estimate of drug-likeness (QED) is 0.922. The van der Waals surface area contributed by atoms with Crippen molar-refractivity contribution >= 4 is 15.9 Å². The first-order valence-corrected chi connectivity index (χ1v) is 7.66. The van der Waals surface area contributed by atoms with Crippen LogP contribution in [0.3, 0.4) is 0 Å². The molecule has 0 bridgehead atoms. The summed E-state index contributed by atoms with van der Waals surface area (Å²) in [4.78, 5) is 0. The predicted octanol–water partition coefficient (Wildman–Crippen LogP) is 3.25. The minimum atomic E-state index is 0.354. The van der Waals surface area contributed by atoms with Crippen molar-refractivity contribution in [3.63, 3.8) is 0 Å². The van der Waals surface area contributed by atoms with Crippen LogP contribution in [0.4, 0.5) is 0 Å². The smallest absolute Gasteiger partial charge is 0.0576 e. The van der Waals surface area contributed by atoms with Crippen molar-refractivity contribution in [3.05, 3.63) is 34.3 Å². The molecule has 1 aromatic carbocycles. The van der Waals surface area contributed by atoms with Crippen LogP contribution in [0, 0.1) is 0 Å². The Hall–Kier alpha value is -0.380. The Kier molecular flexibility index (Phi) is 3.73. The van der Waals surface area contributed by atoms with Gasteiger partial charge in [-0.3, -0.25) is 0 Å². The summed E-state index contributed by atoms with van der Waals surface area (Å²) in [6, 6.07) is 8.84. The second-order valence-corrected chi connectivity index (χ2v) is 6.48. The van der Waals surface area contributed by atoms with Gasteiger partial charge in [0.2, 0.25) is 0 Å². The first-order chi connectivity index (χ1) is 8.78. The topological polar surface area (TPSA) is 21.3 Å². The van der Waals surface area contributed by atoms with Gasteiger partial charge in [-0.15, -0.1) is 0 Å². The van der Waals surface area contributed by atoms with Gasteiger partial charge in [0.05, 0.1) is 6.10 Å². The highest BCUT2D eigenvalue weighted by Gasteiger charge is 2.38. The third-order valence-corrected chi connectivity index (χ3v) is 4.88. The van der Waals surface area contributed by atoms with E-state index in [-0.39, 0.29) is 0 Å². The Morgan fingerprint density at radius 3 is 2.61 bits per heavy atom. The summed E-state index contributed by atoms with van der Waals surface area (Å²) in [6.45, 7) is 3.19. The molecule has 0 aromatic heterocycles. The van der Waals surface area contributed by atoms with Gasteiger partial charge in [-0.1, -0.05) is 28.1 Å². The van der Waals surface area contributed by atoms with Gasteiger partial charge in [-0.05, 0) is 43.4 Å².